The lowest BCUT2D eigenvalue weighted by Gasteiger charge is -2.25. The van der Waals surface area contributed by atoms with Crippen LogP contribution in [-0.2, 0) is 12.8 Å². The van der Waals surface area contributed by atoms with Crippen LogP contribution in [0.2, 0.25) is 0 Å². The van der Waals surface area contributed by atoms with Crippen LogP contribution in [0.3, 0.4) is 0 Å². The van der Waals surface area contributed by atoms with Crippen molar-refractivity contribution in [2.24, 2.45) is 11.8 Å². The van der Waals surface area contributed by atoms with Gasteiger partial charge in [0, 0.05) is 11.9 Å². The summed E-state index contributed by atoms with van der Waals surface area (Å²) in [7, 11) is 0. The molecule has 0 bridgehead atoms. The van der Waals surface area contributed by atoms with E-state index < -0.39 is 0 Å². The Kier molecular flexibility index (Phi) is 5.07. The zero-order chi connectivity index (χ0) is 18.8. The number of nitrogens with one attached hydrogen (secondary N) is 1. The van der Waals surface area contributed by atoms with Gasteiger partial charge in [-0.3, -0.25) is 0 Å². The smallest absolute Gasteiger partial charge is 0.122 e. The summed E-state index contributed by atoms with van der Waals surface area (Å²) in [6.07, 6.45) is 5.30. The van der Waals surface area contributed by atoms with Crippen LogP contribution in [0.1, 0.15) is 38.3 Å². The van der Waals surface area contributed by atoms with Crippen LogP contribution in [0.25, 0.3) is 22.4 Å². The van der Waals surface area contributed by atoms with E-state index in [0.29, 0.717) is 11.8 Å². The molecule has 2 heterocycles. The van der Waals surface area contributed by atoms with Gasteiger partial charge in [0.25, 0.3) is 0 Å². The summed E-state index contributed by atoms with van der Waals surface area (Å²) in [5.41, 5.74) is 7.72. The van der Waals surface area contributed by atoms with Crippen molar-refractivity contribution in [1.29, 1.82) is 0 Å². The van der Waals surface area contributed by atoms with Crippen LogP contribution < -0.4 is 4.74 Å². The van der Waals surface area contributed by atoms with Gasteiger partial charge in [-0.25, -0.2) is 0 Å². The molecule has 0 saturated heterocycles. The molecule has 1 aliphatic heterocycles. The summed E-state index contributed by atoms with van der Waals surface area (Å²) >= 11 is 0. The van der Waals surface area contributed by atoms with Crippen LogP contribution in [0.15, 0.2) is 54.7 Å². The molecule has 2 aromatic carbocycles. The minimum atomic E-state index is 0.686. The van der Waals surface area contributed by atoms with E-state index in [1.165, 1.54) is 33.5 Å². The Labute approximate surface area is 162 Å². The van der Waals surface area contributed by atoms with Crippen LogP contribution in [0.4, 0.5) is 0 Å². The maximum Gasteiger partial charge on any atom is 0.122 e. The Balaban J connectivity index is 1.63. The Morgan fingerprint density at radius 2 is 1.67 bits per heavy atom. The average Bonchev–Trinajstić information content (AvgIpc) is 3.17. The third-order valence-electron chi connectivity index (χ3n) is 6.13. The highest BCUT2D eigenvalue weighted by Crippen LogP contribution is 2.33. The Morgan fingerprint density at radius 3 is 2.44 bits per heavy atom. The summed E-state index contributed by atoms with van der Waals surface area (Å²) < 4.78 is 6.03. The second kappa shape index (κ2) is 7.64. The molecular weight excluding hydrogens is 330 g/mol. The normalized spacial score (nSPS) is 19.7. The molecule has 0 saturated carbocycles. The van der Waals surface area contributed by atoms with E-state index in [4.69, 9.17) is 4.74 Å². The summed E-state index contributed by atoms with van der Waals surface area (Å²) in [5, 5.41) is 0. The molecule has 2 heteroatoms. The SMILES string of the molecule is CCc1cc[nH]c1-c1ccc(-c2ccc3c(c2)CC(C)C(C)CCO3)cc1. The van der Waals surface area contributed by atoms with Crippen LogP contribution in [-0.4, -0.2) is 11.6 Å². The lowest BCUT2D eigenvalue weighted by Crippen LogP contribution is -2.18. The van der Waals surface area contributed by atoms with Gasteiger partial charge >= 0.3 is 0 Å². The fraction of sp³-hybridized carbons (Fsp3) is 0.360. The first-order valence-corrected chi connectivity index (χ1v) is 10.2. The number of aryl methyl sites for hydroxylation is 1. The Morgan fingerprint density at radius 1 is 0.926 bits per heavy atom. The third kappa shape index (κ3) is 3.66. The molecule has 140 valence electrons. The fourth-order valence-corrected chi connectivity index (χ4v) is 4.04. The van der Waals surface area contributed by atoms with Crippen molar-refractivity contribution in [3.8, 4) is 28.1 Å². The van der Waals surface area contributed by atoms with Crippen LogP contribution >= 0.6 is 0 Å². The van der Waals surface area contributed by atoms with Gasteiger partial charge in [-0.2, -0.15) is 0 Å². The van der Waals surface area contributed by atoms with E-state index >= 15 is 0 Å². The molecular formula is C25H29NO. The molecule has 1 aliphatic rings. The summed E-state index contributed by atoms with van der Waals surface area (Å²) in [4.78, 5) is 3.38. The molecule has 2 atom stereocenters. The van der Waals surface area contributed by atoms with E-state index in [1.807, 2.05) is 6.20 Å². The lowest BCUT2D eigenvalue weighted by molar-refractivity contribution is 0.234. The predicted molar refractivity (Wildman–Crippen MR) is 113 cm³/mol. The van der Waals surface area contributed by atoms with Gasteiger partial charge in [0.1, 0.15) is 5.75 Å². The van der Waals surface area contributed by atoms with Crippen molar-refractivity contribution in [2.75, 3.05) is 6.61 Å². The molecule has 0 spiro atoms. The first-order valence-electron chi connectivity index (χ1n) is 10.2. The topological polar surface area (TPSA) is 25.0 Å². The number of benzene rings is 2. The van der Waals surface area contributed by atoms with Gasteiger partial charge in [0.2, 0.25) is 0 Å². The number of fused-ring (bicyclic) bond motifs is 1. The molecule has 0 amide bonds. The first kappa shape index (κ1) is 17.9. The summed E-state index contributed by atoms with van der Waals surface area (Å²) in [6, 6.07) is 17.7. The maximum atomic E-state index is 6.03. The van der Waals surface area contributed by atoms with Gasteiger partial charge in [0.05, 0.1) is 6.61 Å². The maximum absolute atomic E-state index is 6.03. The molecule has 2 unspecified atom stereocenters. The third-order valence-corrected chi connectivity index (χ3v) is 6.13. The van der Waals surface area contributed by atoms with Gasteiger partial charge in [-0.15, -0.1) is 0 Å². The molecule has 1 N–H and O–H groups in total. The highest BCUT2D eigenvalue weighted by atomic mass is 16.5. The molecule has 1 aromatic heterocycles. The van der Waals surface area contributed by atoms with Gasteiger partial charge in [0.15, 0.2) is 0 Å². The van der Waals surface area contributed by atoms with E-state index in [9.17, 15) is 0 Å². The minimum absolute atomic E-state index is 0.686. The zero-order valence-corrected chi connectivity index (χ0v) is 16.6. The number of H-pyrrole nitrogens is 1. The predicted octanol–water partition coefficient (Wildman–Crippen LogP) is 6.51. The van der Waals surface area contributed by atoms with Gasteiger partial charge < -0.3 is 9.72 Å². The minimum Gasteiger partial charge on any atom is -0.493 e. The molecule has 3 aromatic rings. The Bertz CT molecular complexity index is 906. The second-order valence-corrected chi connectivity index (χ2v) is 7.93. The quantitative estimate of drug-likeness (QED) is 0.566. The van der Waals surface area contributed by atoms with Crippen molar-refractivity contribution in [2.45, 2.75) is 40.0 Å². The summed E-state index contributed by atoms with van der Waals surface area (Å²) in [6.45, 7) is 7.72. The van der Waals surface area contributed by atoms with Gasteiger partial charge in [-0.1, -0.05) is 51.1 Å². The van der Waals surface area contributed by atoms with Crippen molar-refractivity contribution in [3.05, 3.63) is 65.9 Å². The number of aromatic amines is 1. The van der Waals surface area contributed by atoms with E-state index in [2.05, 4.69) is 74.3 Å². The summed E-state index contributed by atoms with van der Waals surface area (Å²) in [5.74, 6) is 2.45. The number of hydrogen-bond acceptors (Lipinski definition) is 1. The molecule has 0 radical (unpaired) electrons. The number of aromatic nitrogens is 1. The van der Waals surface area contributed by atoms with Crippen LogP contribution in [0, 0.1) is 11.8 Å². The second-order valence-electron chi connectivity index (χ2n) is 7.93. The molecule has 0 aliphatic carbocycles. The number of ether oxygens (including phenoxy) is 1. The zero-order valence-electron chi connectivity index (χ0n) is 16.6. The number of hydrogen-bond donors (Lipinski definition) is 1. The monoisotopic (exact) mass is 359 g/mol. The van der Waals surface area contributed by atoms with Crippen molar-refractivity contribution in [1.82, 2.24) is 4.98 Å². The molecule has 0 fully saturated rings. The number of rotatable bonds is 3. The fourth-order valence-electron chi connectivity index (χ4n) is 4.04. The van der Waals surface area contributed by atoms with Gasteiger partial charge in [-0.05, 0) is 77.1 Å². The van der Waals surface area contributed by atoms with Crippen molar-refractivity contribution >= 4 is 0 Å². The van der Waals surface area contributed by atoms with Crippen molar-refractivity contribution in [3.63, 3.8) is 0 Å². The van der Waals surface area contributed by atoms with E-state index in [0.717, 1.165) is 31.6 Å². The first-order chi connectivity index (χ1) is 13.2. The largest absolute Gasteiger partial charge is 0.493 e. The average molecular weight is 360 g/mol. The molecule has 27 heavy (non-hydrogen) atoms. The molecule has 2 nitrogen and oxygen atoms in total. The standard InChI is InChI=1S/C25H29NO/c1-4-19-11-13-26-25(19)21-7-5-20(6-8-21)22-9-10-24-23(16-22)15-18(3)17(2)12-14-27-24/h5-11,13,16-18,26H,4,12,14-15H2,1-3H3. The van der Waals surface area contributed by atoms with E-state index in [1.54, 1.807) is 0 Å². The highest BCUT2D eigenvalue weighted by Gasteiger charge is 2.19. The van der Waals surface area contributed by atoms with Crippen LogP contribution in [0.5, 0.6) is 5.75 Å². The van der Waals surface area contributed by atoms with E-state index in [-0.39, 0.29) is 0 Å². The molecule has 4 rings (SSSR count). The Hall–Kier alpha value is -2.48. The highest BCUT2D eigenvalue weighted by molar-refractivity contribution is 5.71. The van der Waals surface area contributed by atoms with Crippen molar-refractivity contribution < 1.29 is 4.74 Å². The lowest BCUT2D eigenvalue weighted by atomic mass is 9.86.